The Bertz CT molecular complexity index is 438. The predicted octanol–water partition coefficient (Wildman–Crippen LogP) is 2.17. The van der Waals surface area contributed by atoms with Crippen molar-refractivity contribution >= 4 is 15.9 Å². The molecule has 0 aromatic carbocycles. The highest BCUT2D eigenvalue weighted by Gasteiger charge is 2.17. The van der Waals surface area contributed by atoms with E-state index in [1.807, 2.05) is 0 Å². The minimum Gasteiger partial charge on any atom is -0.312 e. The Morgan fingerprint density at radius 1 is 1.44 bits per heavy atom. The number of nitrogens with one attached hydrogen (secondary N) is 1. The molecule has 1 aliphatic rings. The molecule has 100 valence electrons. The lowest BCUT2D eigenvalue weighted by atomic mass is 9.87. The smallest absolute Gasteiger partial charge is 0.267 e. The number of hydrogen-bond donors (Lipinski definition) is 1. The van der Waals surface area contributed by atoms with Gasteiger partial charge in [0.2, 0.25) is 0 Å². The topological polar surface area (TPSA) is 46.9 Å². The molecule has 0 saturated heterocycles. The van der Waals surface area contributed by atoms with Crippen LogP contribution in [0, 0.1) is 5.92 Å². The molecule has 4 nitrogen and oxygen atoms in total. The molecule has 0 amide bonds. The van der Waals surface area contributed by atoms with Crippen LogP contribution in [0.4, 0.5) is 0 Å². The van der Waals surface area contributed by atoms with E-state index in [9.17, 15) is 4.79 Å². The van der Waals surface area contributed by atoms with Crippen LogP contribution in [0.1, 0.15) is 32.6 Å². The summed E-state index contributed by atoms with van der Waals surface area (Å²) in [5.41, 5.74) is -0.0101. The van der Waals surface area contributed by atoms with Crippen molar-refractivity contribution in [2.24, 2.45) is 5.92 Å². The molecule has 1 N–H and O–H groups in total. The van der Waals surface area contributed by atoms with Crippen LogP contribution < -0.4 is 10.9 Å². The van der Waals surface area contributed by atoms with E-state index in [0.29, 0.717) is 17.1 Å². The molecule has 18 heavy (non-hydrogen) atoms. The summed E-state index contributed by atoms with van der Waals surface area (Å²) in [7, 11) is 0. The minimum absolute atomic E-state index is 0.0101. The van der Waals surface area contributed by atoms with Gasteiger partial charge < -0.3 is 5.32 Å². The first kappa shape index (κ1) is 13.7. The molecule has 1 heterocycles. The van der Waals surface area contributed by atoms with E-state index in [4.69, 9.17) is 0 Å². The zero-order valence-electron chi connectivity index (χ0n) is 10.7. The summed E-state index contributed by atoms with van der Waals surface area (Å²) in [4.78, 5) is 15.8. The highest BCUT2D eigenvalue weighted by molar-refractivity contribution is 9.10. The van der Waals surface area contributed by atoms with Gasteiger partial charge in [0.1, 0.15) is 4.47 Å². The maximum absolute atomic E-state index is 11.7. The predicted molar refractivity (Wildman–Crippen MR) is 75.6 cm³/mol. The van der Waals surface area contributed by atoms with Gasteiger partial charge in [0.05, 0.1) is 6.33 Å². The summed E-state index contributed by atoms with van der Waals surface area (Å²) in [6.45, 7) is 3.83. The third-order valence-electron chi connectivity index (χ3n) is 3.66. The third kappa shape index (κ3) is 3.65. The number of aromatic nitrogens is 2. The normalized spacial score (nSPS) is 24.1. The summed E-state index contributed by atoms with van der Waals surface area (Å²) < 4.78 is 2.17. The van der Waals surface area contributed by atoms with Crippen LogP contribution >= 0.6 is 15.9 Å². The maximum atomic E-state index is 11.7. The molecule has 1 aliphatic carbocycles. The van der Waals surface area contributed by atoms with Crippen molar-refractivity contribution in [3.63, 3.8) is 0 Å². The molecule has 2 rings (SSSR count). The van der Waals surface area contributed by atoms with E-state index in [-0.39, 0.29) is 5.56 Å². The van der Waals surface area contributed by atoms with Crippen molar-refractivity contribution in [3.05, 3.63) is 27.4 Å². The molecule has 1 aromatic rings. The van der Waals surface area contributed by atoms with Gasteiger partial charge in [0.25, 0.3) is 5.56 Å². The highest BCUT2D eigenvalue weighted by atomic mass is 79.9. The second kappa shape index (κ2) is 6.48. The molecule has 0 aliphatic heterocycles. The van der Waals surface area contributed by atoms with E-state index in [1.165, 1.54) is 31.9 Å². The van der Waals surface area contributed by atoms with Crippen LogP contribution in [-0.2, 0) is 6.54 Å². The molecule has 0 unspecified atom stereocenters. The lowest BCUT2D eigenvalue weighted by Crippen LogP contribution is -2.36. The van der Waals surface area contributed by atoms with Crippen molar-refractivity contribution in [3.8, 4) is 0 Å². The molecule has 1 fully saturated rings. The van der Waals surface area contributed by atoms with Gasteiger partial charge in [-0.1, -0.05) is 6.92 Å². The average Bonchev–Trinajstić information content (AvgIpc) is 2.37. The second-order valence-electron chi connectivity index (χ2n) is 5.15. The molecule has 1 saturated carbocycles. The average molecular weight is 314 g/mol. The summed E-state index contributed by atoms with van der Waals surface area (Å²) in [5.74, 6) is 0.875. The van der Waals surface area contributed by atoms with Gasteiger partial charge in [-0.3, -0.25) is 9.36 Å². The zero-order chi connectivity index (χ0) is 13.0. The standard InChI is InChI=1S/C13H20BrN3O/c1-10-2-4-11(5-3-10)16-6-7-17-9-15-8-12(14)13(17)18/h8-11,16H,2-7H2,1H3. The molecule has 5 heteroatoms. The minimum atomic E-state index is -0.0101. The lowest BCUT2D eigenvalue weighted by Gasteiger charge is -2.27. The van der Waals surface area contributed by atoms with Crippen LogP contribution in [0.15, 0.2) is 21.8 Å². The first-order valence-electron chi connectivity index (χ1n) is 6.60. The molecular formula is C13H20BrN3O. The van der Waals surface area contributed by atoms with Gasteiger partial charge in [-0.05, 0) is 47.5 Å². The van der Waals surface area contributed by atoms with Crippen LogP contribution in [-0.4, -0.2) is 22.1 Å². The van der Waals surface area contributed by atoms with Gasteiger partial charge >= 0.3 is 0 Å². The lowest BCUT2D eigenvalue weighted by molar-refractivity contribution is 0.305. The van der Waals surface area contributed by atoms with Crippen molar-refractivity contribution < 1.29 is 0 Å². The Hall–Kier alpha value is -0.680. The van der Waals surface area contributed by atoms with E-state index < -0.39 is 0 Å². The van der Waals surface area contributed by atoms with Crippen molar-refractivity contribution in [2.45, 2.75) is 45.2 Å². The zero-order valence-corrected chi connectivity index (χ0v) is 12.3. The highest BCUT2D eigenvalue weighted by Crippen LogP contribution is 2.23. The molecular weight excluding hydrogens is 294 g/mol. The Labute approximate surface area is 116 Å². The maximum Gasteiger partial charge on any atom is 0.267 e. The van der Waals surface area contributed by atoms with Gasteiger partial charge in [-0.15, -0.1) is 0 Å². The van der Waals surface area contributed by atoms with Crippen LogP contribution in [0.5, 0.6) is 0 Å². The Morgan fingerprint density at radius 2 is 2.17 bits per heavy atom. The number of rotatable bonds is 4. The fourth-order valence-electron chi connectivity index (χ4n) is 2.44. The van der Waals surface area contributed by atoms with E-state index >= 15 is 0 Å². The molecule has 0 spiro atoms. The summed E-state index contributed by atoms with van der Waals surface area (Å²) >= 11 is 3.20. The summed E-state index contributed by atoms with van der Waals surface area (Å²) in [5, 5.41) is 3.53. The van der Waals surface area contributed by atoms with Crippen molar-refractivity contribution in [2.75, 3.05) is 6.54 Å². The fourth-order valence-corrected chi connectivity index (χ4v) is 2.78. The number of hydrogen-bond acceptors (Lipinski definition) is 3. The Balaban J connectivity index is 1.78. The second-order valence-corrected chi connectivity index (χ2v) is 6.01. The first-order valence-corrected chi connectivity index (χ1v) is 7.39. The SMILES string of the molecule is CC1CCC(NCCn2cncc(Br)c2=O)CC1. The molecule has 1 aromatic heterocycles. The van der Waals surface area contributed by atoms with Gasteiger partial charge in [0.15, 0.2) is 0 Å². The molecule has 0 radical (unpaired) electrons. The largest absolute Gasteiger partial charge is 0.312 e. The Morgan fingerprint density at radius 3 is 2.89 bits per heavy atom. The third-order valence-corrected chi connectivity index (χ3v) is 4.20. The van der Waals surface area contributed by atoms with Crippen molar-refractivity contribution in [1.82, 2.24) is 14.9 Å². The van der Waals surface area contributed by atoms with Gasteiger partial charge in [-0.25, -0.2) is 4.98 Å². The van der Waals surface area contributed by atoms with Crippen LogP contribution in [0.25, 0.3) is 0 Å². The molecule has 0 bridgehead atoms. The fraction of sp³-hybridized carbons (Fsp3) is 0.692. The Kier molecular flexibility index (Phi) is 4.95. The van der Waals surface area contributed by atoms with E-state index in [1.54, 1.807) is 10.9 Å². The summed E-state index contributed by atoms with van der Waals surface area (Å²) in [6, 6.07) is 0.622. The van der Waals surface area contributed by atoms with Crippen LogP contribution in [0.2, 0.25) is 0 Å². The quantitative estimate of drug-likeness (QED) is 0.926. The monoisotopic (exact) mass is 313 g/mol. The van der Waals surface area contributed by atoms with Gasteiger partial charge in [-0.2, -0.15) is 0 Å². The van der Waals surface area contributed by atoms with Crippen molar-refractivity contribution in [1.29, 1.82) is 0 Å². The van der Waals surface area contributed by atoms with Crippen LogP contribution in [0.3, 0.4) is 0 Å². The number of halogens is 1. The first-order chi connectivity index (χ1) is 8.66. The van der Waals surface area contributed by atoms with E-state index in [0.717, 1.165) is 12.5 Å². The summed E-state index contributed by atoms with van der Waals surface area (Å²) in [6.07, 6.45) is 8.28. The number of nitrogens with zero attached hydrogens (tertiary/aromatic N) is 2. The van der Waals surface area contributed by atoms with E-state index in [2.05, 4.69) is 33.2 Å². The van der Waals surface area contributed by atoms with Gasteiger partial charge in [0, 0.05) is 25.3 Å². The molecule has 0 atom stereocenters.